The van der Waals surface area contributed by atoms with Gasteiger partial charge < -0.3 is 15.4 Å². The highest BCUT2D eigenvalue weighted by Gasteiger charge is 2.24. The topological polar surface area (TPSA) is 67.4 Å². The Labute approximate surface area is 116 Å². The maximum Gasteiger partial charge on any atom is 0.407 e. The van der Waals surface area contributed by atoms with E-state index in [4.69, 9.17) is 4.74 Å². The fourth-order valence-electron chi connectivity index (χ4n) is 1.29. The summed E-state index contributed by atoms with van der Waals surface area (Å²) in [5.41, 5.74) is -1.02. The third-order valence-corrected chi connectivity index (χ3v) is 2.60. The van der Waals surface area contributed by atoms with Gasteiger partial charge in [-0.2, -0.15) is 0 Å². The van der Waals surface area contributed by atoms with Crippen molar-refractivity contribution in [2.75, 3.05) is 6.54 Å². The molecule has 0 rings (SSSR count). The van der Waals surface area contributed by atoms with Gasteiger partial charge in [0.1, 0.15) is 5.60 Å². The molecule has 0 bridgehead atoms. The van der Waals surface area contributed by atoms with Gasteiger partial charge in [-0.3, -0.25) is 4.79 Å². The third-order valence-electron chi connectivity index (χ3n) is 2.60. The minimum absolute atomic E-state index is 0.00140. The molecule has 0 aromatic heterocycles. The van der Waals surface area contributed by atoms with Crippen LogP contribution in [0, 0.1) is 5.92 Å². The van der Waals surface area contributed by atoms with Gasteiger partial charge in [0, 0.05) is 12.5 Å². The Bertz CT molecular complexity index is 319. The lowest BCUT2D eigenvalue weighted by Gasteiger charge is -2.29. The van der Waals surface area contributed by atoms with Gasteiger partial charge in [-0.1, -0.05) is 13.8 Å². The number of hydrogen-bond donors (Lipinski definition) is 2. The Kier molecular flexibility index (Phi) is 6.33. The number of alkyl carbamates (subject to hydrolysis) is 1. The molecule has 0 heterocycles. The normalized spacial score (nSPS) is 13.6. The third kappa shape index (κ3) is 8.46. The maximum absolute atomic E-state index is 11.8. The van der Waals surface area contributed by atoms with Crippen LogP contribution in [0.15, 0.2) is 0 Å². The summed E-state index contributed by atoms with van der Waals surface area (Å²) in [4.78, 5) is 23.3. The molecule has 2 N–H and O–H groups in total. The van der Waals surface area contributed by atoms with Crippen molar-refractivity contribution in [3.05, 3.63) is 0 Å². The van der Waals surface area contributed by atoms with Gasteiger partial charge in [0.15, 0.2) is 0 Å². The second kappa shape index (κ2) is 6.78. The standard InChI is InChI=1S/C14H28N2O3/c1-8-10(2)11(17)16-14(6,7)9-15-12(18)19-13(3,4)5/h10H,8-9H2,1-7H3,(H,15,18)(H,16,17). The van der Waals surface area contributed by atoms with Gasteiger partial charge in [0.25, 0.3) is 0 Å². The lowest BCUT2D eigenvalue weighted by Crippen LogP contribution is -2.53. The van der Waals surface area contributed by atoms with E-state index in [-0.39, 0.29) is 11.8 Å². The minimum Gasteiger partial charge on any atom is -0.444 e. The number of rotatable bonds is 5. The molecule has 0 spiro atoms. The first-order valence-corrected chi connectivity index (χ1v) is 6.75. The Balaban J connectivity index is 4.24. The van der Waals surface area contributed by atoms with Crippen LogP contribution in [-0.2, 0) is 9.53 Å². The molecule has 0 aliphatic heterocycles. The zero-order valence-corrected chi connectivity index (χ0v) is 13.2. The fourth-order valence-corrected chi connectivity index (χ4v) is 1.29. The van der Waals surface area contributed by atoms with Crippen molar-refractivity contribution in [2.24, 2.45) is 5.92 Å². The molecule has 1 unspecified atom stereocenters. The van der Waals surface area contributed by atoms with E-state index < -0.39 is 17.2 Å². The van der Waals surface area contributed by atoms with Crippen molar-refractivity contribution in [1.29, 1.82) is 0 Å². The molecule has 0 aromatic carbocycles. The molecule has 0 aliphatic rings. The number of hydrogen-bond acceptors (Lipinski definition) is 3. The highest BCUT2D eigenvalue weighted by molar-refractivity contribution is 5.79. The van der Waals surface area contributed by atoms with Crippen LogP contribution in [0.25, 0.3) is 0 Å². The summed E-state index contributed by atoms with van der Waals surface area (Å²) >= 11 is 0. The Morgan fingerprint density at radius 1 is 1.16 bits per heavy atom. The molecule has 0 aromatic rings. The molecular formula is C14H28N2O3. The first-order chi connectivity index (χ1) is 8.47. The van der Waals surface area contributed by atoms with Crippen LogP contribution >= 0.6 is 0 Å². The van der Waals surface area contributed by atoms with Crippen LogP contribution in [0.3, 0.4) is 0 Å². The van der Waals surface area contributed by atoms with Crippen molar-refractivity contribution in [3.63, 3.8) is 0 Å². The van der Waals surface area contributed by atoms with Crippen LogP contribution in [0.5, 0.6) is 0 Å². The first-order valence-electron chi connectivity index (χ1n) is 6.75. The van der Waals surface area contributed by atoms with Crippen molar-refractivity contribution in [3.8, 4) is 0 Å². The van der Waals surface area contributed by atoms with Crippen LogP contribution < -0.4 is 10.6 Å². The fraction of sp³-hybridized carbons (Fsp3) is 0.857. The summed E-state index contributed by atoms with van der Waals surface area (Å²) in [6.45, 7) is 13.3. The summed E-state index contributed by atoms with van der Waals surface area (Å²) in [5, 5.41) is 5.58. The van der Waals surface area contributed by atoms with E-state index in [1.54, 1.807) is 0 Å². The van der Waals surface area contributed by atoms with Gasteiger partial charge in [-0.05, 0) is 41.0 Å². The van der Waals surface area contributed by atoms with E-state index in [9.17, 15) is 9.59 Å². The van der Waals surface area contributed by atoms with Crippen LogP contribution in [-0.4, -0.2) is 29.7 Å². The Hall–Kier alpha value is -1.26. The smallest absolute Gasteiger partial charge is 0.407 e. The molecule has 0 radical (unpaired) electrons. The molecule has 2 amide bonds. The number of ether oxygens (including phenoxy) is 1. The summed E-state index contributed by atoms with van der Waals surface area (Å²) in [6, 6.07) is 0. The molecule has 112 valence electrons. The molecule has 0 aliphatic carbocycles. The quantitative estimate of drug-likeness (QED) is 0.808. The molecule has 19 heavy (non-hydrogen) atoms. The van der Waals surface area contributed by atoms with Crippen molar-refractivity contribution in [2.45, 2.75) is 66.0 Å². The monoisotopic (exact) mass is 272 g/mol. The zero-order chi connectivity index (χ0) is 15.3. The van der Waals surface area contributed by atoms with E-state index in [0.717, 1.165) is 6.42 Å². The minimum atomic E-state index is -0.520. The predicted molar refractivity (Wildman–Crippen MR) is 75.9 cm³/mol. The average Bonchev–Trinajstić information content (AvgIpc) is 2.22. The molecular weight excluding hydrogens is 244 g/mol. The van der Waals surface area contributed by atoms with Crippen LogP contribution in [0.1, 0.15) is 54.9 Å². The zero-order valence-electron chi connectivity index (χ0n) is 13.2. The highest BCUT2D eigenvalue weighted by Crippen LogP contribution is 2.08. The molecule has 5 heteroatoms. The second-order valence-electron chi connectivity index (χ2n) is 6.54. The molecule has 0 saturated carbocycles. The number of nitrogens with one attached hydrogen (secondary N) is 2. The summed E-state index contributed by atoms with van der Waals surface area (Å²) < 4.78 is 5.14. The highest BCUT2D eigenvalue weighted by atomic mass is 16.6. The van der Waals surface area contributed by atoms with E-state index in [2.05, 4.69) is 10.6 Å². The SMILES string of the molecule is CCC(C)C(=O)NC(C)(C)CNC(=O)OC(C)(C)C. The Morgan fingerprint density at radius 3 is 2.11 bits per heavy atom. The van der Waals surface area contributed by atoms with E-state index >= 15 is 0 Å². The van der Waals surface area contributed by atoms with E-state index in [0.29, 0.717) is 6.54 Å². The first kappa shape index (κ1) is 17.7. The molecule has 1 atom stereocenters. The van der Waals surface area contributed by atoms with Crippen molar-refractivity contribution >= 4 is 12.0 Å². The lowest BCUT2D eigenvalue weighted by molar-refractivity contribution is -0.126. The van der Waals surface area contributed by atoms with E-state index in [1.807, 2.05) is 48.5 Å². The lowest BCUT2D eigenvalue weighted by atomic mass is 10.0. The van der Waals surface area contributed by atoms with E-state index in [1.165, 1.54) is 0 Å². The number of carbonyl (C=O) groups excluding carboxylic acids is 2. The molecule has 0 fully saturated rings. The van der Waals surface area contributed by atoms with Gasteiger partial charge in [0.05, 0.1) is 5.54 Å². The average molecular weight is 272 g/mol. The molecule has 0 saturated heterocycles. The van der Waals surface area contributed by atoms with Gasteiger partial charge in [0.2, 0.25) is 5.91 Å². The summed E-state index contributed by atoms with van der Waals surface area (Å²) in [5.74, 6) is -0.0284. The van der Waals surface area contributed by atoms with Crippen molar-refractivity contribution in [1.82, 2.24) is 10.6 Å². The van der Waals surface area contributed by atoms with Gasteiger partial charge in [-0.25, -0.2) is 4.79 Å². The maximum atomic E-state index is 11.8. The largest absolute Gasteiger partial charge is 0.444 e. The summed E-state index contributed by atoms with van der Waals surface area (Å²) in [6.07, 6.45) is 0.319. The van der Waals surface area contributed by atoms with Gasteiger partial charge in [-0.15, -0.1) is 0 Å². The van der Waals surface area contributed by atoms with Crippen LogP contribution in [0.4, 0.5) is 4.79 Å². The number of amides is 2. The summed E-state index contributed by atoms with van der Waals surface area (Å²) in [7, 11) is 0. The van der Waals surface area contributed by atoms with Gasteiger partial charge >= 0.3 is 6.09 Å². The van der Waals surface area contributed by atoms with Crippen molar-refractivity contribution < 1.29 is 14.3 Å². The second-order valence-corrected chi connectivity index (χ2v) is 6.54. The molecule has 5 nitrogen and oxygen atoms in total. The van der Waals surface area contributed by atoms with Crippen LogP contribution in [0.2, 0.25) is 0 Å². The number of carbonyl (C=O) groups is 2. The Morgan fingerprint density at radius 2 is 1.68 bits per heavy atom. The predicted octanol–water partition coefficient (Wildman–Crippen LogP) is 2.45.